The molecular formula is C22H31ClN6O3S. The van der Waals surface area contributed by atoms with Gasteiger partial charge in [-0.2, -0.15) is 9.97 Å². The molecular weight excluding hydrogens is 464 g/mol. The summed E-state index contributed by atoms with van der Waals surface area (Å²) < 4.78 is 34.4. The molecule has 3 aromatic rings. The number of sulfonamides is 1. The Labute approximate surface area is 200 Å². The average Bonchev–Trinajstić information content (AvgIpc) is 3.17. The van der Waals surface area contributed by atoms with Crippen molar-refractivity contribution in [3.63, 3.8) is 0 Å². The molecule has 1 aliphatic rings. The van der Waals surface area contributed by atoms with Crippen molar-refractivity contribution in [2.24, 2.45) is 0 Å². The molecule has 0 bridgehead atoms. The number of nitrogens with one attached hydrogen (secondary N) is 3. The fraction of sp³-hybridized carbons (Fsp3) is 0.455. The van der Waals surface area contributed by atoms with Gasteiger partial charge in [0.1, 0.15) is 0 Å². The first kappa shape index (κ1) is 25.1. The summed E-state index contributed by atoms with van der Waals surface area (Å²) in [5.74, 6) is 1.01. The smallest absolute Gasteiger partial charge is 0.237 e. The van der Waals surface area contributed by atoms with Gasteiger partial charge in [0, 0.05) is 17.9 Å². The van der Waals surface area contributed by atoms with Crippen molar-refractivity contribution < 1.29 is 13.2 Å². The lowest BCUT2D eigenvalue weighted by Crippen LogP contribution is -2.35. The Balaban J connectivity index is 0.00000306. The molecule has 9 nitrogen and oxygen atoms in total. The number of methoxy groups -OCH3 is 1. The number of halogens is 1. The summed E-state index contributed by atoms with van der Waals surface area (Å²) in [6.07, 6.45) is 3.88. The zero-order chi connectivity index (χ0) is 22.9. The summed E-state index contributed by atoms with van der Waals surface area (Å²) in [7, 11) is -1.94. The molecule has 0 aliphatic carbocycles. The molecule has 0 amide bonds. The molecule has 3 N–H and O–H groups in total. The third-order valence-electron chi connectivity index (χ3n) is 5.56. The molecule has 1 fully saturated rings. The van der Waals surface area contributed by atoms with E-state index in [4.69, 9.17) is 9.72 Å². The van der Waals surface area contributed by atoms with Crippen molar-refractivity contribution >= 4 is 45.1 Å². The number of hydrogen-bond donors (Lipinski definition) is 3. The Kier molecular flexibility index (Phi) is 7.40. The Morgan fingerprint density at radius 2 is 1.88 bits per heavy atom. The highest BCUT2D eigenvalue weighted by Gasteiger charge is 2.29. The van der Waals surface area contributed by atoms with Crippen LogP contribution in [0.5, 0.6) is 5.88 Å². The minimum atomic E-state index is -3.53. The van der Waals surface area contributed by atoms with E-state index in [0.717, 1.165) is 37.0 Å². The van der Waals surface area contributed by atoms with E-state index < -0.39 is 14.8 Å². The zero-order valence-electron chi connectivity index (χ0n) is 19.3. The predicted molar refractivity (Wildman–Crippen MR) is 134 cm³/mol. The van der Waals surface area contributed by atoms with Crippen molar-refractivity contribution in [3.05, 3.63) is 36.5 Å². The Morgan fingerprint density at radius 3 is 2.55 bits per heavy atom. The molecule has 1 aromatic carbocycles. The molecule has 1 aliphatic heterocycles. The first-order valence-corrected chi connectivity index (χ1v) is 12.2. The lowest BCUT2D eigenvalue weighted by Gasteiger charge is -2.23. The van der Waals surface area contributed by atoms with Crippen LogP contribution in [0.25, 0.3) is 16.7 Å². The number of hydrogen-bond acceptors (Lipinski definition) is 7. The maximum absolute atomic E-state index is 12.6. The number of benzene rings is 1. The van der Waals surface area contributed by atoms with Crippen LogP contribution in [-0.4, -0.2) is 53.9 Å². The van der Waals surface area contributed by atoms with Crippen LogP contribution in [0.1, 0.15) is 33.6 Å². The summed E-state index contributed by atoms with van der Waals surface area (Å²) in [4.78, 5) is 9.30. The van der Waals surface area contributed by atoms with Crippen molar-refractivity contribution in [2.75, 3.05) is 30.2 Å². The minimum Gasteiger partial charge on any atom is -0.480 e. The third kappa shape index (κ3) is 5.34. The lowest BCUT2D eigenvalue weighted by molar-refractivity contribution is 0.402. The van der Waals surface area contributed by atoms with Gasteiger partial charge in [0.2, 0.25) is 21.9 Å². The van der Waals surface area contributed by atoms with Crippen LogP contribution in [0.15, 0.2) is 36.5 Å². The Bertz CT molecular complexity index is 1220. The SMILES string of the molecule is COc1nc(NC2CCNCC2)nc2c1ccn2-c1cccc(NS(=O)(=O)C(C)(C)C)c1.Cl. The van der Waals surface area contributed by atoms with E-state index >= 15 is 0 Å². The van der Waals surface area contributed by atoms with Gasteiger partial charge < -0.3 is 19.9 Å². The Morgan fingerprint density at radius 1 is 1.15 bits per heavy atom. The van der Waals surface area contributed by atoms with Crippen LogP contribution in [0, 0.1) is 0 Å². The Hall–Kier alpha value is -2.56. The molecule has 0 saturated carbocycles. The first-order chi connectivity index (χ1) is 15.2. The number of fused-ring (bicyclic) bond motifs is 1. The van der Waals surface area contributed by atoms with Crippen molar-refractivity contribution in [3.8, 4) is 11.6 Å². The summed E-state index contributed by atoms with van der Waals surface area (Å²) in [5, 5.41) is 7.56. The summed E-state index contributed by atoms with van der Waals surface area (Å²) in [6, 6.07) is 9.44. The van der Waals surface area contributed by atoms with Crippen LogP contribution >= 0.6 is 12.4 Å². The monoisotopic (exact) mass is 494 g/mol. The molecule has 0 radical (unpaired) electrons. The number of rotatable bonds is 6. The molecule has 0 unspecified atom stereocenters. The van der Waals surface area contributed by atoms with E-state index in [2.05, 4.69) is 20.3 Å². The van der Waals surface area contributed by atoms with Gasteiger partial charge in [0.05, 0.1) is 22.9 Å². The minimum absolute atomic E-state index is 0. The van der Waals surface area contributed by atoms with Crippen molar-refractivity contribution in [2.45, 2.75) is 44.4 Å². The molecule has 4 rings (SSSR count). The predicted octanol–water partition coefficient (Wildman–Crippen LogP) is 3.56. The molecule has 3 heterocycles. The second-order valence-corrected chi connectivity index (χ2v) is 11.4. The van der Waals surface area contributed by atoms with Gasteiger partial charge in [0.25, 0.3) is 0 Å². The third-order valence-corrected chi connectivity index (χ3v) is 7.67. The molecule has 0 spiro atoms. The van der Waals surface area contributed by atoms with Gasteiger partial charge in [-0.15, -0.1) is 12.4 Å². The van der Waals surface area contributed by atoms with E-state index in [9.17, 15) is 8.42 Å². The van der Waals surface area contributed by atoms with Gasteiger partial charge in [0.15, 0.2) is 5.65 Å². The van der Waals surface area contributed by atoms with Gasteiger partial charge in [-0.1, -0.05) is 6.07 Å². The van der Waals surface area contributed by atoms with E-state index in [1.54, 1.807) is 40.0 Å². The fourth-order valence-electron chi connectivity index (χ4n) is 3.59. The van der Waals surface area contributed by atoms with Gasteiger partial charge >= 0.3 is 0 Å². The number of ether oxygens (including phenoxy) is 1. The van der Waals surface area contributed by atoms with Crippen molar-refractivity contribution in [1.29, 1.82) is 0 Å². The number of piperidine rings is 1. The molecule has 180 valence electrons. The summed E-state index contributed by atoms with van der Waals surface area (Å²) >= 11 is 0. The van der Waals surface area contributed by atoms with E-state index in [-0.39, 0.29) is 12.4 Å². The standard InChI is InChI=1S/C22H30N6O3S.ClH/c1-22(2,3)32(29,30)27-16-6-5-7-17(14-16)28-13-10-18-19(28)25-21(26-20(18)31-4)24-15-8-11-23-12-9-15;/h5-7,10,13-15,23,27H,8-9,11-12H2,1-4H3,(H,24,25,26);1H. The molecule has 0 atom stereocenters. The molecule has 2 aromatic heterocycles. The average molecular weight is 495 g/mol. The summed E-state index contributed by atoms with van der Waals surface area (Å²) in [6.45, 7) is 6.92. The van der Waals surface area contributed by atoms with Crippen molar-refractivity contribution in [1.82, 2.24) is 19.9 Å². The largest absolute Gasteiger partial charge is 0.480 e. The number of aromatic nitrogens is 3. The van der Waals surface area contributed by atoms with E-state index in [0.29, 0.717) is 29.2 Å². The zero-order valence-corrected chi connectivity index (χ0v) is 20.9. The van der Waals surface area contributed by atoms with Gasteiger partial charge in [-0.05, 0) is 71.0 Å². The van der Waals surface area contributed by atoms with Crippen LogP contribution in [0.4, 0.5) is 11.6 Å². The highest BCUT2D eigenvalue weighted by molar-refractivity contribution is 7.94. The quantitative estimate of drug-likeness (QED) is 0.480. The number of anilines is 2. The molecule has 33 heavy (non-hydrogen) atoms. The lowest BCUT2D eigenvalue weighted by atomic mass is 10.1. The van der Waals surface area contributed by atoms with Crippen LogP contribution < -0.4 is 20.1 Å². The maximum atomic E-state index is 12.6. The highest BCUT2D eigenvalue weighted by atomic mass is 35.5. The van der Waals surface area contributed by atoms with E-state index in [1.807, 2.05) is 29.0 Å². The van der Waals surface area contributed by atoms with Crippen LogP contribution in [0.2, 0.25) is 0 Å². The number of nitrogens with zero attached hydrogens (tertiary/aromatic N) is 3. The molecule has 1 saturated heterocycles. The summed E-state index contributed by atoms with van der Waals surface area (Å²) in [5.41, 5.74) is 1.96. The molecule has 11 heteroatoms. The van der Waals surface area contributed by atoms with Crippen LogP contribution in [-0.2, 0) is 10.0 Å². The second kappa shape index (κ2) is 9.74. The maximum Gasteiger partial charge on any atom is 0.237 e. The fourth-order valence-corrected chi connectivity index (χ4v) is 4.34. The normalized spacial score (nSPS) is 15.2. The highest BCUT2D eigenvalue weighted by Crippen LogP contribution is 2.29. The van der Waals surface area contributed by atoms with Crippen LogP contribution in [0.3, 0.4) is 0 Å². The van der Waals surface area contributed by atoms with Gasteiger partial charge in [-0.3, -0.25) is 4.72 Å². The van der Waals surface area contributed by atoms with E-state index in [1.165, 1.54) is 0 Å². The topological polar surface area (TPSA) is 110 Å². The first-order valence-electron chi connectivity index (χ1n) is 10.7. The second-order valence-electron chi connectivity index (χ2n) is 8.92. The van der Waals surface area contributed by atoms with Gasteiger partial charge in [-0.25, -0.2) is 8.42 Å².